The van der Waals surface area contributed by atoms with Crippen LogP contribution >= 0.6 is 22.9 Å². The third-order valence-corrected chi connectivity index (χ3v) is 4.90. The van der Waals surface area contributed by atoms with Gasteiger partial charge in [0.05, 0.1) is 11.7 Å². The molecule has 0 amide bonds. The molecule has 0 saturated heterocycles. The Labute approximate surface area is 160 Å². The van der Waals surface area contributed by atoms with Crippen molar-refractivity contribution in [1.29, 1.82) is 0 Å². The zero-order valence-corrected chi connectivity index (χ0v) is 16.3. The van der Waals surface area contributed by atoms with E-state index in [9.17, 15) is 4.79 Å². The van der Waals surface area contributed by atoms with E-state index in [1.165, 1.54) is 22.2 Å². The standard InChI is InChI=1S/C18H19ClN4O2S/c1-18(2,3)23-17(24)15(19)13(8-21-23)25-9-11-4-6-12(7-5-11)16-22-14(20)10-26-16/h4-8,10H,9,20H2,1-3H3. The summed E-state index contributed by atoms with van der Waals surface area (Å²) in [5.74, 6) is 0.790. The topological polar surface area (TPSA) is 83.0 Å². The number of aromatic nitrogens is 3. The first-order valence-electron chi connectivity index (χ1n) is 7.97. The Kier molecular flexibility index (Phi) is 5.02. The molecule has 136 valence electrons. The summed E-state index contributed by atoms with van der Waals surface area (Å²) >= 11 is 7.66. The lowest BCUT2D eigenvalue weighted by atomic mass is 10.1. The fourth-order valence-corrected chi connectivity index (χ4v) is 3.22. The molecule has 2 aromatic heterocycles. The third-order valence-electron chi connectivity index (χ3n) is 3.64. The fraction of sp³-hybridized carbons (Fsp3) is 0.278. The molecule has 0 spiro atoms. The first-order valence-corrected chi connectivity index (χ1v) is 9.23. The van der Waals surface area contributed by atoms with Gasteiger partial charge in [0.15, 0.2) is 10.8 Å². The molecule has 2 N–H and O–H groups in total. The molecule has 0 aliphatic rings. The molecule has 0 bridgehead atoms. The number of rotatable bonds is 4. The molecule has 3 aromatic rings. The lowest BCUT2D eigenvalue weighted by Crippen LogP contribution is -2.36. The highest BCUT2D eigenvalue weighted by atomic mass is 35.5. The number of halogens is 1. The van der Waals surface area contributed by atoms with Crippen LogP contribution in [0.1, 0.15) is 26.3 Å². The third kappa shape index (κ3) is 3.89. The fourth-order valence-electron chi connectivity index (χ4n) is 2.32. The van der Waals surface area contributed by atoms with Gasteiger partial charge in [-0.15, -0.1) is 11.3 Å². The molecule has 1 aromatic carbocycles. The molecule has 0 radical (unpaired) electrons. The van der Waals surface area contributed by atoms with Crippen molar-refractivity contribution >= 4 is 28.8 Å². The SMILES string of the molecule is CC(C)(C)n1ncc(OCc2ccc(-c3nc(N)cs3)cc2)c(Cl)c1=O. The van der Waals surface area contributed by atoms with E-state index in [1.54, 1.807) is 5.38 Å². The van der Waals surface area contributed by atoms with E-state index in [2.05, 4.69) is 10.1 Å². The van der Waals surface area contributed by atoms with Crippen molar-refractivity contribution < 1.29 is 4.74 Å². The summed E-state index contributed by atoms with van der Waals surface area (Å²) in [6.07, 6.45) is 1.47. The van der Waals surface area contributed by atoms with Gasteiger partial charge in [-0.2, -0.15) is 5.10 Å². The minimum absolute atomic E-state index is 0.0322. The van der Waals surface area contributed by atoms with Gasteiger partial charge in [0.25, 0.3) is 5.56 Å². The van der Waals surface area contributed by atoms with Crippen LogP contribution in [0.2, 0.25) is 5.02 Å². The van der Waals surface area contributed by atoms with Crippen LogP contribution in [-0.4, -0.2) is 14.8 Å². The number of thiazole rings is 1. The van der Waals surface area contributed by atoms with Gasteiger partial charge in [-0.25, -0.2) is 9.67 Å². The number of anilines is 1. The van der Waals surface area contributed by atoms with Crippen LogP contribution in [0.15, 0.2) is 40.6 Å². The van der Waals surface area contributed by atoms with Crippen LogP contribution in [0, 0.1) is 0 Å². The maximum atomic E-state index is 12.3. The van der Waals surface area contributed by atoms with Crippen molar-refractivity contribution in [3.8, 4) is 16.3 Å². The molecule has 0 unspecified atom stereocenters. The second-order valence-electron chi connectivity index (χ2n) is 6.77. The van der Waals surface area contributed by atoms with E-state index >= 15 is 0 Å². The quantitative estimate of drug-likeness (QED) is 0.729. The molecule has 8 heteroatoms. The van der Waals surface area contributed by atoms with E-state index in [0.29, 0.717) is 5.82 Å². The summed E-state index contributed by atoms with van der Waals surface area (Å²) in [7, 11) is 0. The van der Waals surface area contributed by atoms with Gasteiger partial charge >= 0.3 is 0 Å². The summed E-state index contributed by atoms with van der Waals surface area (Å²) in [5, 5.41) is 6.86. The van der Waals surface area contributed by atoms with Crippen molar-refractivity contribution in [3.05, 3.63) is 56.8 Å². The Hall–Kier alpha value is -2.38. The number of nitrogens with two attached hydrogens (primary N) is 1. The summed E-state index contributed by atoms with van der Waals surface area (Å²) < 4.78 is 7.02. The molecular weight excluding hydrogens is 372 g/mol. The maximum absolute atomic E-state index is 12.3. The number of nitrogens with zero attached hydrogens (tertiary/aromatic N) is 3. The highest BCUT2D eigenvalue weighted by molar-refractivity contribution is 7.13. The van der Waals surface area contributed by atoms with E-state index in [-0.39, 0.29) is 22.9 Å². The van der Waals surface area contributed by atoms with Gasteiger partial charge < -0.3 is 10.5 Å². The Morgan fingerprint density at radius 1 is 1.27 bits per heavy atom. The normalized spacial score (nSPS) is 11.5. The first-order chi connectivity index (χ1) is 12.3. The van der Waals surface area contributed by atoms with Gasteiger partial charge in [-0.1, -0.05) is 35.9 Å². The maximum Gasteiger partial charge on any atom is 0.289 e. The number of nitrogen functional groups attached to an aromatic ring is 1. The highest BCUT2D eigenvalue weighted by Gasteiger charge is 2.20. The Balaban J connectivity index is 1.73. The van der Waals surface area contributed by atoms with Crippen LogP contribution in [0.5, 0.6) is 5.75 Å². The monoisotopic (exact) mass is 390 g/mol. The van der Waals surface area contributed by atoms with Crippen molar-refractivity contribution in [2.24, 2.45) is 0 Å². The van der Waals surface area contributed by atoms with Crippen molar-refractivity contribution in [3.63, 3.8) is 0 Å². The Morgan fingerprint density at radius 3 is 2.54 bits per heavy atom. The van der Waals surface area contributed by atoms with E-state index in [0.717, 1.165) is 16.1 Å². The molecule has 2 heterocycles. The molecule has 3 rings (SSSR count). The van der Waals surface area contributed by atoms with Crippen molar-refractivity contribution in [2.45, 2.75) is 32.9 Å². The molecule has 6 nitrogen and oxygen atoms in total. The molecule has 0 fully saturated rings. The first kappa shape index (κ1) is 18.4. The predicted molar refractivity (Wildman–Crippen MR) is 105 cm³/mol. The number of benzene rings is 1. The van der Waals surface area contributed by atoms with Gasteiger partial charge in [0.2, 0.25) is 0 Å². The van der Waals surface area contributed by atoms with Crippen LogP contribution in [0.4, 0.5) is 5.82 Å². The smallest absolute Gasteiger partial charge is 0.289 e. The largest absolute Gasteiger partial charge is 0.485 e. The summed E-state index contributed by atoms with van der Waals surface area (Å²) in [6, 6.07) is 7.78. The number of hydrogen-bond acceptors (Lipinski definition) is 6. The van der Waals surface area contributed by atoms with Crippen molar-refractivity contribution in [1.82, 2.24) is 14.8 Å². The highest BCUT2D eigenvalue weighted by Crippen LogP contribution is 2.26. The second-order valence-corrected chi connectivity index (χ2v) is 8.01. The predicted octanol–water partition coefficient (Wildman–Crippen LogP) is 3.94. The second kappa shape index (κ2) is 7.09. The summed E-state index contributed by atoms with van der Waals surface area (Å²) in [4.78, 5) is 16.6. The Bertz CT molecular complexity index is 974. The van der Waals surface area contributed by atoms with Crippen LogP contribution in [0.25, 0.3) is 10.6 Å². The van der Waals surface area contributed by atoms with Gasteiger partial charge in [-0.3, -0.25) is 4.79 Å². The molecule has 0 aliphatic heterocycles. The van der Waals surface area contributed by atoms with Crippen molar-refractivity contribution in [2.75, 3.05) is 5.73 Å². The molecular formula is C18H19ClN4O2S. The summed E-state index contributed by atoms with van der Waals surface area (Å²) in [5.41, 5.74) is 6.77. The Morgan fingerprint density at radius 2 is 1.96 bits per heavy atom. The van der Waals surface area contributed by atoms with Crippen LogP contribution in [0.3, 0.4) is 0 Å². The minimum atomic E-state index is -0.450. The van der Waals surface area contributed by atoms with Gasteiger partial charge in [0.1, 0.15) is 17.4 Å². The molecule has 0 aliphatic carbocycles. The number of hydrogen-bond donors (Lipinski definition) is 1. The summed E-state index contributed by atoms with van der Waals surface area (Å²) in [6.45, 7) is 5.93. The van der Waals surface area contributed by atoms with E-state index in [4.69, 9.17) is 22.1 Å². The molecule has 26 heavy (non-hydrogen) atoms. The number of ether oxygens (including phenoxy) is 1. The zero-order valence-electron chi connectivity index (χ0n) is 14.7. The van der Waals surface area contributed by atoms with E-state index in [1.807, 2.05) is 45.0 Å². The van der Waals surface area contributed by atoms with Gasteiger partial charge in [-0.05, 0) is 26.3 Å². The van der Waals surface area contributed by atoms with Crippen LogP contribution < -0.4 is 16.0 Å². The van der Waals surface area contributed by atoms with E-state index < -0.39 is 5.54 Å². The zero-order chi connectivity index (χ0) is 18.9. The molecule has 0 atom stereocenters. The van der Waals surface area contributed by atoms with Gasteiger partial charge in [0, 0.05) is 10.9 Å². The lowest BCUT2D eigenvalue weighted by molar-refractivity contribution is 0.292. The lowest BCUT2D eigenvalue weighted by Gasteiger charge is -2.21. The average molecular weight is 391 g/mol. The average Bonchev–Trinajstić information content (AvgIpc) is 3.02. The molecule has 0 saturated carbocycles. The minimum Gasteiger partial charge on any atom is -0.485 e. The van der Waals surface area contributed by atoms with Crippen LogP contribution in [-0.2, 0) is 12.1 Å².